The third-order valence-corrected chi connectivity index (χ3v) is 2.73. The van der Waals surface area contributed by atoms with Crippen molar-refractivity contribution in [3.05, 3.63) is 47.5 Å². The minimum Gasteiger partial charge on any atom is -0.478 e. The lowest BCUT2D eigenvalue weighted by molar-refractivity contribution is 0.0693. The summed E-state index contributed by atoms with van der Waals surface area (Å²) in [6, 6.07) is 1.46. The van der Waals surface area contributed by atoms with Gasteiger partial charge in [-0.1, -0.05) is 11.8 Å². The molecule has 0 aliphatic rings. The van der Waals surface area contributed by atoms with E-state index in [1.165, 1.54) is 35.6 Å². The van der Waals surface area contributed by atoms with Crippen molar-refractivity contribution >= 4 is 17.7 Å². The van der Waals surface area contributed by atoms with E-state index in [0.29, 0.717) is 9.92 Å². The summed E-state index contributed by atoms with van der Waals surface area (Å²) in [6.45, 7) is 0. The van der Waals surface area contributed by atoms with E-state index in [4.69, 9.17) is 15.2 Å². The van der Waals surface area contributed by atoms with Crippen LogP contribution in [0.3, 0.4) is 0 Å². The molecule has 0 aromatic carbocycles. The Bertz CT molecular complexity index is 552. The van der Waals surface area contributed by atoms with Crippen LogP contribution in [0.4, 0.5) is 0 Å². The van der Waals surface area contributed by atoms with Gasteiger partial charge in [0.1, 0.15) is 5.03 Å². The van der Waals surface area contributed by atoms with E-state index >= 15 is 0 Å². The molecule has 98 valence electrons. The molecule has 2 aromatic rings. The number of hydrogen-bond acceptors (Lipinski definition) is 7. The van der Waals surface area contributed by atoms with Gasteiger partial charge in [-0.05, 0) is 6.07 Å². The molecule has 0 fully saturated rings. The highest BCUT2D eigenvalue weighted by atomic mass is 32.2. The largest absolute Gasteiger partial charge is 0.478 e. The van der Waals surface area contributed by atoms with Gasteiger partial charge in [0.15, 0.2) is 5.34 Å². The van der Waals surface area contributed by atoms with Crippen LogP contribution < -0.4 is 0 Å². The smallest absolute Gasteiger partial charge is 0.336 e. The lowest BCUT2D eigenvalue weighted by Gasteiger charge is -2.03. The van der Waals surface area contributed by atoms with Crippen molar-refractivity contribution in [1.29, 1.82) is 0 Å². The zero-order valence-electron chi connectivity index (χ0n) is 9.37. The SMILES string of the molecule is O=C(O)c1ccncc1Sc1cnccn1.O=NO. The van der Waals surface area contributed by atoms with Gasteiger partial charge in [-0.3, -0.25) is 9.97 Å². The number of pyridine rings is 1. The van der Waals surface area contributed by atoms with Crippen LogP contribution in [0.5, 0.6) is 0 Å². The molecule has 2 aromatic heterocycles. The molecule has 8 nitrogen and oxygen atoms in total. The van der Waals surface area contributed by atoms with Crippen LogP contribution in [-0.4, -0.2) is 31.2 Å². The summed E-state index contributed by atoms with van der Waals surface area (Å²) in [4.78, 5) is 31.4. The molecule has 0 saturated heterocycles. The van der Waals surface area contributed by atoms with E-state index in [0.717, 1.165) is 0 Å². The Labute approximate surface area is 111 Å². The normalized spacial score (nSPS) is 9.05. The van der Waals surface area contributed by atoms with Gasteiger partial charge >= 0.3 is 5.97 Å². The Morgan fingerprint density at radius 1 is 1.21 bits per heavy atom. The molecule has 2 heterocycles. The summed E-state index contributed by atoms with van der Waals surface area (Å²) in [5.41, 5.74) is 0.214. The van der Waals surface area contributed by atoms with Crippen molar-refractivity contribution in [2.45, 2.75) is 9.92 Å². The van der Waals surface area contributed by atoms with Crippen LogP contribution in [0.1, 0.15) is 10.4 Å². The first-order valence-corrected chi connectivity index (χ1v) is 5.58. The highest BCUT2D eigenvalue weighted by Gasteiger charge is 2.11. The predicted molar refractivity (Wildman–Crippen MR) is 64.9 cm³/mol. The van der Waals surface area contributed by atoms with Crippen molar-refractivity contribution in [2.75, 3.05) is 0 Å². The number of carboxylic acids is 1. The summed E-state index contributed by atoms with van der Waals surface area (Å²) < 4.78 is 0. The van der Waals surface area contributed by atoms with Crippen molar-refractivity contribution in [2.24, 2.45) is 5.34 Å². The standard InChI is InChI=1S/C10H7N3O2S.HNO2/c14-10(15)7-1-2-11-5-8(7)16-9-6-12-3-4-13-9;2-1-3/h1-6H,(H,14,15);(H,2,3). The number of aromatic nitrogens is 3. The van der Waals surface area contributed by atoms with Gasteiger partial charge in [0.2, 0.25) is 0 Å². The van der Waals surface area contributed by atoms with Crippen LogP contribution in [0.2, 0.25) is 0 Å². The highest BCUT2D eigenvalue weighted by Crippen LogP contribution is 2.27. The first-order valence-electron chi connectivity index (χ1n) is 4.77. The maximum absolute atomic E-state index is 10.9. The first-order chi connectivity index (χ1) is 9.19. The number of carbonyl (C=O) groups is 1. The van der Waals surface area contributed by atoms with Crippen LogP contribution >= 0.6 is 11.8 Å². The van der Waals surface area contributed by atoms with E-state index in [2.05, 4.69) is 15.0 Å². The van der Waals surface area contributed by atoms with Gasteiger partial charge in [0, 0.05) is 29.7 Å². The summed E-state index contributed by atoms with van der Waals surface area (Å²) in [7, 11) is 0. The highest BCUT2D eigenvalue weighted by molar-refractivity contribution is 7.99. The second-order valence-corrected chi connectivity index (χ2v) is 3.97. The first kappa shape index (κ1) is 14.5. The molecule has 19 heavy (non-hydrogen) atoms. The molecule has 0 unspecified atom stereocenters. The van der Waals surface area contributed by atoms with Gasteiger partial charge in [-0.25, -0.2) is 9.78 Å². The van der Waals surface area contributed by atoms with Gasteiger partial charge in [0.25, 0.3) is 0 Å². The molecule has 0 atom stereocenters. The summed E-state index contributed by atoms with van der Waals surface area (Å²) >= 11 is 1.23. The molecule has 2 N–H and O–H groups in total. The second-order valence-electron chi connectivity index (χ2n) is 2.90. The fraction of sp³-hybridized carbons (Fsp3) is 0. The molecule has 9 heteroatoms. The Hall–Kier alpha value is -2.55. The topological polar surface area (TPSA) is 126 Å². The summed E-state index contributed by atoms with van der Waals surface area (Å²) in [5, 5.41) is 17.5. The van der Waals surface area contributed by atoms with E-state index in [1.54, 1.807) is 18.6 Å². The lowest BCUT2D eigenvalue weighted by atomic mass is 10.3. The van der Waals surface area contributed by atoms with Crippen molar-refractivity contribution in [3.8, 4) is 0 Å². The number of nitrogens with zero attached hydrogens (tertiary/aromatic N) is 4. The quantitative estimate of drug-likeness (QED) is 0.644. The van der Waals surface area contributed by atoms with Crippen LogP contribution in [-0.2, 0) is 0 Å². The maximum Gasteiger partial charge on any atom is 0.336 e. The number of aromatic carboxylic acids is 1. The average Bonchev–Trinajstić information content (AvgIpc) is 2.41. The van der Waals surface area contributed by atoms with Crippen molar-refractivity contribution in [3.63, 3.8) is 0 Å². The van der Waals surface area contributed by atoms with E-state index in [-0.39, 0.29) is 5.56 Å². The fourth-order valence-electron chi connectivity index (χ4n) is 1.09. The van der Waals surface area contributed by atoms with E-state index < -0.39 is 5.97 Å². The van der Waals surface area contributed by atoms with Gasteiger partial charge in [-0.15, -0.1) is 4.91 Å². The third kappa shape index (κ3) is 4.68. The second kappa shape index (κ2) is 7.71. The predicted octanol–water partition coefficient (Wildman–Crippen LogP) is 1.86. The molecular weight excluding hydrogens is 272 g/mol. The van der Waals surface area contributed by atoms with Crippen molar-refractivity contribution in [1.82, 2.24) is 15.0 Å². The average molecular weight is 280 g/mol. The molecule has 0 spiro atoms. The molecule has 0 radical (unpaired) electrons. The lowest BCUT2D eigenvalue weighted by Crippen LogP contribution is -1.99. The van der Waals surface area contributed by atoms with E-state index in [1.807, 2.05) is 0 Å². The van der Waals surface area contributed by atoms with Crippen LogP contribution in [0.15, 0.2) is 52.3 Å². The number of carboxylic acid groups (broad SMARTS) is 1. The van der Waals surface area contributed by atoms with Gasteiger partial charge in [0.05, 0.1) is 11.8 Å². The Morgan fingerprint density at radius 2 is 1.89 bits per heavy atom. The molecule has 0 bridgehead atoms. The van der Waals surface area contributed by atoms with Gasteiger partial charge in [-0.2, -0.15) is 0 Å². The van der Waals surface area contributed by atoms with Crippen LogP contribution in [0.25, 0.3) is 0 Å². The zero-order chi connectivity index (χ0) is 14.1. The Balaban J connectivity index is 0.000000550. The summed E-state index contributed by atoms with van der Waals surface area (Å²) in [6.07, 6.45) is 7.64. The van der Waals surface area contributed by atoms with Crippen LogP contribution in [0, 0.1) is 4.91 Å². The fourth-order valence-corrected chi connectivity index (χ4v) is 1.92. The van der Waals surface area contributed by atoms with E-state index in [9.17, 15) is 4.79 Å². The number of rotatable bonds is 3. The minimum atomic E-state index is -0.978. The Morgan fingerprint density at radius 3 is 2.47 bits per heavy atom. The Kier molecular flexibility index (Phi) is 5.89. The maximum atomic E-state index is 10.9. The summed E-state index contributed by atoms with van der Waals surface area (Å²) in [5.74, 6) is -0.978. The molecule has 0 saturated carbocycles. The monoisotopic (exact) mass is 280 g/mol. The molecule has 2 rings (SSSR count). The molecular formula is C10H8N4O4S. The molecule has 0 amide bonds. The molecule has 0 aliphatic heterocycles. The van der Waals surface area contributed by atoms with Gasteiger partial charge < -0.3 is 10.3 Å². The zero-order valence-corrected chi connectivity index (χ0v) is 10.2. The minimum absolute atomic E-state index is 0.214. The molecule has 0 aliphatic carbocycles. The third-order valence-electron chi connectivity index (χ3n) is 1.77. The number of hydrogen-bond donors (Lipinski definition) is 2. The van der Waals surface area contributed by atoms with Crippen molar-refractivity contribution < 1.29 is 15.1 Å².